The molecule has 0 atom stereocenters. The van der Waals surface area contributed by atoms with Gasteiger partial charge in [-0.25, -0.2) is 4.79 Å². The highest BCUT2D eigenvalue weighted by atomic mass is 127. The largest absolute Gasteiger partial charge is 0.483 e. The fraction of sp³-hybridized carbons (Fsp3) is 0.154. The minimum absolute atomic E-state index is 0.0318. The van der Waals surface area contributed by atoms with Crippen LogP contribution in [0.5, 0.6) is 5.75 Å². The van der Waals surface area contributed by atoms with Crippen molar-refractivity contribution in [1.29, 1.82) is 0 Å². The van der Waals surface area contributed by atoms with Crippen LogP contribution in [0.25, 0.3) is 0 Å². The van der Waals surface area contributed by atoms with Crippen LogP contribution in [0.1, 0.15) is 21.9 Å². The third-order valence-corrected chi connectivity index (χ3v) is 4.71. The van der Waals surface area contributed by atoms with Crippen LogP contribution < -0.4 is 4.74 Å². The molecule has 0 aliphatic rings. The van der Waals surface area contributed by atoms with Gasteiger partial charge in [0.15, 0.2) is 0 Å². The van der Waals surface area contributed by atoms with E-state index in [0.717, 1.165) is 16.5 Å². The van der Waals surface area contributed by atoms with E-state index in [2.05, 4.69) is 67.8 Å². The molecule has 106 valence electrons. The fourth-order valence-corrected chi connectivity index (χ4v) is 5.54. The summed E-state index contributed by atoms with van der Waals surface area (Å²) in [4.78, 5) is 10.9. The predicted molar refractivity (Wildman–Crippen MR) is 99.3 cm³/mol. The van der Waals surface area contributed by atoms with Crippen LogP contribution in [0.4, 0.5) is 0 Å². The van der Waals surface area contributed by atoms with Gasteiger partial charge in [0.05, 0.1) is 7.14 Å². The van der Waals surface area contributed by atoms with E-state index in [-0.39, 0.29) is 12.4 Å². The molecule has 0 unspecified atom stereocenters. The second-order valence-corrected chi connectivity index (χ2v) is 7.59. The summed E-state index contributed by atoms with van der Waals surface area (Å²) < 4.78 is 14.2. The van der Waals surface area contributed by atoms with Crippen LogP contribution >= 0.6 is 67.8 Å². The first-order valence-electron chi connectivity index (χ1n) is 5.48. The van der Waals surface area contributed by atoms with Crippen molar-refractivity contribution in [3.63, 3.8) is 0 Å². The van der Waals surface area contributed by atoms with Crippen LogP contribution in [0.2, 0.25) is 0 Å². The lowest BCUT2D eigenvalue weighted by Crippen LogP contribution is -1.99. The van der Waals surface area contributed by atoms with Crippen molar-refractivity contribution in [2.45, 2.75) is 13.5 Å². The Bertz CT molecular complexity index is 641. The first-order valence-corrected chi connectivity index (χ1v) is 8.72. The number of halogens is 3. The lowest BCUT2D eigenvalue weighted by molar-refractivity contribution is 0.0657. The van der Waals surface area contributed by atoms with Gasteiger partial charge in [0.1, 0.15) is 18.1 Å². The van der Waals surface area contributed by atoms with Crippen LogP contribution in [-0.2, 0) is 6.61 Å². The normalized spacial score (nSPS) is 10.6. The molecule has 0 aliphatic carbocycles. The van der Waals surface area contributed by atoms with Gasteiger partial charge in [-0.1, -0.05) is 0 Å². The Morgan fingerprint density at radius 1 is 1.25 bits per heavy atom. The average molecular weight is 610 g/mol. The standard InChI is InChI=1S/C13H9I3O4/c1-6-2-8(20-11(6)13(17)18)5-19-12-9(15)3-7(14)4-10(12)16/h2-4H,5H2,1H3,(H,17,18). The number of carboxylic acid groups (broad SMARTS) is 1. The molecule has 4 nitrogen and oxygen atoms in total. The molecule has 2 rings (SSSR count). The van der Waals surface area contributed by atoms with Gasteiger partial charge in [0.25, 0.3) is 0 Å². The zero-order chi connectivity index (χ0) is 14.9. The summed E-state index contributed by atoms with van der Waals surface area (Å²) in [5.74, 6) is 0.199. The van der Waals surface area contributed by atoms with Gasteiger partial charge in [0.2, 0.25) is 5.76 Å². The van der Waals surface area contributed by atoms with Crippen LogP contribution in [0, 0.1) is 17.6 Å². The van der Waals surface area contributed by atoms with E-state index in [1.807, 2.05) is 12.1 Å². The van der Waals surface area contributed by atoms with Gasteiger partial charge >= 0.3 is 5.97 Å². The van der Waals surface area contributed by atoms with Crippen molar-refractivity contribution in [2.75, 3.05) is 0 Å². The maximum Gasteiger partial charge on any atom is 0.372 e. The molecule has 0 saturated carbocycles. The third kappa shape index (κ3) is 3.78. The third-order valence-electron chi connectivity index (χ3n) is 2.48. The Labute approximate surface area is 156 Å². The molecule has 1 N–H and O–H groups in total. The maximum absolute atomic E-state index is 10.9. The van der Waals surface area contributed by atoms with Crippen LogP contribution in [-0.4, -0.2) is 11.1 Å². The van der Waals surface area contributed by atoms with Gasteiger partial charge in [-0.2, -0.15) is 0 Å². The van der Waals surface area contributed by atoms with Crippen molar-refractivity contribution in [3.8, 4) is 5.75 Å². The molecule has 0 bridgehead atoms. The number of benzene rings is 1. The van der Waals surface area contributed by atoms with E-state index in [1.54, 1.807) is 13.0 Å². The zero-order valence-corrected chi connectivity index (χ0v) is 16.7. The van der Waals surface area contributed by atoms with E-state index >= 15 is 0 Å². The Balaban J connectivity index is 2.17. The highest BCUT2D eigenvalue weighted by Crippen LogP contribution is 2.30. The predicted octanol–water partition coefficient (Wildman–Crippen LogP) is 4.68. The molecule has 0 aliphatic heterocycles. The molecule has 0 radical (unpaired) electrons. The molecule has 2 aromatic rings. The van der Waals surface area contributed by atoms with Crippen molar-refractivity contribution >= 4 is 73.7 Å². The number of hydrogen-bond acceptors (Lipinski definition) is 3. The van der Waals surface area contributed by atoms with Crippen molar-refractivity contribution in [1.82, 2.24) is 0 Å². The number of carboxylic acids is 1. The molecule has 0 amide bonds. The summed E-state index contributed by atoms with van der Waals surface area (Å²) in [6.45, 7) is 1.91. The molecular weight excluding hydrogens is 601 g/mol. The van der Waals surface area contributed by atoms with Gasteiger partial charge in [0, 0.05) is 9.13 Å². The molecular formula is C13H9I3O4. The maximum atomic E-state index is 10.9. The number of rotatable bonds is 4. The Hall–Kier alpha value is -0.0400. The lowest BCUT2D eigenvalue weighted by atomic mass is 10.3. The molecule has 1 aromatic heterocycles. The molecule has 0 fully saturated rings. The van der Waals surface area contributed by atoms with E-state index in [9.17, 15) is 4.79 Å². The zero-order valence-electron chi connectivity index (χ0n) is 10.2. The highest BCUT2D eigenvalue weighted by molar-refractivity contribution is 14.1. The number of ether oxygens (including phenoxy) is 1. The SMILES string of the molecule is Cc1cc(COc2c(I)cc(I)cc2I)oc1C(=O)O. The molecule has 0 saturated heterocycles. The quantitative estimate of drug-likeness (QED) is 0.512. The fourth-order valence-electron chi connectivity index (χ4n) is 1.64. The average Bonchev–Trinajstić information content (AvgIpc) is 2.69. The number of carbonyl (C=O) groups is 1. The molecule has 7 heteroatoms. The van der Waals surface area contributed by atoms with E-state index in [0.29, 0.717) is 11.3 Å². The minimum atomic E-state index is -1.06. The number of aromatic carboxylic acids is 1. The smallest absolute Gasteiger partial charge is 0.372 e. The van der Waals surface area contributed by atoms with E-state index in [1.165, 1.54) is 0 Å². The summed E-state index contributed by atoms with van der Waals surface area (Å²) in [6.07, 6.45) is 0. The Kier molecular flexibility index (Phi) is 5.56. The lowest BCUT2D eigenvalue weighted by Gasteiger charge is -2.09. The van der Waals surface area contributed by atoms with Crippen LogP contribution in [0.3, 0.4) is 0 Å². The highest BCUT2D eigenvalue weighted by Gasteiger charge is 2.15. The minimum Gasteiger partial charge on any atom is -0.483 e. The summed E-state index contributed by atoms with van der Waals surface area (Å²) in [6, 6.07) is 5.74. The van der Waals surface area contributed by atoms with Gasteiger partial charge in [-0.05, 0) is 92.9 Å². The second kappa shape index (κ2) is 6.81. The first-order chi connectivity index (χ1) is 9.38. The van der Waals surface area contributed by atoms with Crippen molar-refractivity contribution in [3.05, 3.63) is 46.0 Å². The monoisotopic (exact) mass is 610 g/mol. The Morgan fingerprint density at radius 2 is 1.85 bits per heavy atom. The number of aryl methyl sites for hydroxylation is 1. The second-order valence-electron chi connectivity index (χ2n) is 4.02. The van der Waals surface area contributed by atoms with E-state index < -0.39 is 5.97 Å². The van der Waals surface area contributed by atoms with E-state index in [4.69, 9.17) is 14.3 Å². The Morgan fingerprint density at radius 3 is 2.35 bits per heavy atom. The molecule has 0 spiro atoms. The summed E-state index contributed by atoms with van der Waals surface area (Å²) in [5.41, 5.74) is 0.600. The van der Waals surface area contributed by atoms with Gasteiger partial charge < -0.3 is 14.3 Å². The number of hydrogen-bond donors (Lipinski definition) is 1. The van der Waals surface area contributed by atoms with Crippen LogP contribution in [0.15, 0.2) is 22.6 Å². The number of furan rings is 1. The van der Waals surface area contributed by atoms with Crippen molar-refractivity contribution < 1.29 is 19.1 Å². The molecule has 1 aromatic carbocycles. The van der Waals surface area contributed by atoms with Gasteiger partial charge in [-0.3, -0.25) is 0 Å². The molecule has 1 heterocycles. The first kappa shape index (κ1) is 16.3. The van der Waals surface area contributed by atoms with Gasteiger partial charge in [-0.15, -0.1) is 0 Å². The summed E-state index contributed by atoms with van der Waals surface area (Å²) >= 11 is 6.69. The summed E-state index contributed by atoms with van der Waals surface area (Å²) in [7, 11) is 0. The topological polar surface area (TPSA) is 59.7 Å². The molecule has 20 heavy (non-hydrogen) atoms. The van der Waals surface area contributed by atoms with Crippen molar-refractivity contribution in [2.24, 2.45) is 0 Å². The summed E-state index contributed by atoms with van der Waals surface area (Å²) in [5, 5.41) is 8.95.